The van der Waals surface area contributed by atoms with Gasteiger partial charge in [-0.3, -0.25) is 0 Å². The number of nitrogens with two attached hydrogens (primary N) is 1. The molecule has 4 heteroatoms. The Kier molecular flexibility index (Phi) is 4.40. The van der Waals surface area contributed by atoms with Crippen molar-refractivity contribution < 1.29 is 9.84 Å². The van der Waals surface area contributed by atoms with E-state index in [4.69, 9.17) is 10.5 Å². The van der Waals surface area contributed by atoms with Gasteiger partial charge in [-0.2, -0.15) is 0 Å². The Morgan fingerprint density at radius 2 is 2.06 bits per heavy atom. The molecule has 3 nitrogen and oxygen atoms in total. The van der Waals surface area contributed by atoms with E-state index in [0.29, 0.717) is 5.69 Å². The van der Waals surface area contributed by atoms with Crippen LogP contribution in [0.4, 0.5) is 5.69 Å². The van der Waals surface area contributed by atoms with Crippen LogP contribution in [-0.2, 0) is 0 Å². The van der Waals surface area contributed by atoms with E-state index >= 15 is 0 Å². The van der Waals surface area contributed by atoms with E-state index in [9.17, 15) is 5.11 Å². The molecule has 100 valence electrons. The van der Waals surface area contributed by atoms with E-state index < -0.39 is 5.60 Å². The molecule has 3 N–H and O–H groups in total. The van der Waals surface area contributed by atoms with Gasteiger partial charge in [0.1, 0.15) is 5.75 Å². The van der Waals surface area contributed by atoms with Gasteiger partial charge >= 0.3 is 0 Å². The standard InChI is InChI=1S/C14H21NO2S/c1-17-12-9-11(15)5-6-13(12)18-10-14(16)7-3-2-4-8-14/h5-6,9,16H,2-4,7-8,10,15H2,1H3. The predicted molar refractivity (Wildman–Crippen MR) is 76.2 cm³/mol. The normalized spacial score (nSPS) is 18.6. The van der Waals surface area contributed by atoms with E-state index in [2.05, 4.69) is 0 Å². The lowest BCUT2D eigenvalue weighted by Crippen LogP contribution is -2.33. The fourth-order valence-electron chi connectivity index (χ4n) is 2.37. The molecule has 0 bridgehead atoms. The van der Waals surface area contributed by atoms with Crippen LogP contribution in [0.15, 0.2) is 23.1 Å². The lowest BCUT2D eigenvalue weighted by Gasteiger charge is -2.31. The lowest BCUT2D eigenvalue weighted by atomic mass is 9.86. The van der Waals surface area contributed by atoms with Crippen LogP contribution in [0.5, 0.6) is 5.75 Å². The van der Waals surface area contributed by atoms with Crippen molar-refractivity contribution in [1.82, 2.24) is 0 Å². The largest absolute Gasteiger partial charge is 0.496 e. The Hall–Kier alpha value is -0.870. The molecule has 18 heavy (non-hydrogen) atoms. The van der Waals surface area contributed by atoms with Crippen molar-refractivity contribution in [3.63, 3.8) is 0 Å². The number of ether oxygens (including phenoxy) is 1. The Bertz CT molecular complexity index is 403. The average Bonchev–Trinajstić information content (AvgIpc) is 2.38. The number of hydrogen-bond acceptors (Lipinski definition) is 4. The number of anilines is 1. The summed E-state index contributed by atoms with van der Waals surface area (Å²) in [7, 11) is 1.65. The number of nitrogen functional groups attached to an aromatic ring is 1. The van der Waals surface area contributed by atoms with Gasteiger partial charge in [-0.15, -0.1) is 11.8 Å². The Morgan fingerprint density at radius 3 is 2.72 bits per heavy atom. The van der Waals surface area contributed by atoms with Crippen molar-refractivity contribution in [2.75, 3.05) is 18.6 Å². The summed E-state index contributed by atoms with van der Waals surface area (Å²) in [6.07, 6.45) is 5.35. The first-order valence-electron chi connectivity index (χ1n) is 6.42. The van der Waals surface area contributed by atoms with E-state index in [1.165, 1.54) is 6.42 Å². The highest BCUT2D eigenvalue weighted by molar-refractivity contribution is 7.99. The quantitative estimate of drug-likeness (QED) is 0.650. The molecule has 0 radical (unpaired) electrons. The second-order valence-corrected chi connectivity index (χ2v) is 6.00. The van der Waals surface area contributed by atoms with Crippen LogP contribution in [0, 0.1) is 0 Å². The molecule has 1 aliphatic rings. The highest BCUT2D eigenvalue weighted by atomic mass is 32.2. The molecule has 1 aromatic rings. The minimum absolute atomic E-state index is 0.505. The summed E-state index contributed by atoms with van der Waals surface area (Å²) in [5.41, 5.74) is 5.93. The van der Waals surface area contributed by atoms with E-state index in [1.54, 1.807) is 18.9 Å². The van der Waals surface area contributed by atoms with Gasteiger partial charge in [-0.05, 0) is 25.0 Å². The summed E-state index contributed by atoms with van der Waals surface area (Å²) in [4.78, 5) is 1.05. The van der Waals surface area contributed by atoms with Gasteiger partial charge in [0.2, 0.25) is 0 Å². The van der Waals surface area contributed by atoms with Gasteiger partial charge in [-0.1, -0.05) is 19.3 Å². The summed E-state index contributed by atoms with van der Waals surface area (Å²) in [5, 5.41) is 10.5. The third-order valence-corrected chi connectivity index (χ3v) is 4.80. The number of hydrogen-bond donors (Lipinski definition) is 2. The summed E-state index contributed by atoms with van der Waals surface area (Å²) in [5.74, 6) is 1.52. The second kappa shape index (κ2) is 5.85. The SMILES string of the molecule is COc1cc(N)ccc1SCC1(O)CCCCC1. The first kappa shape index (κ1) is 13.6. The van der Waals surface area contributed by atoms with Gasteiger partial charge < -0.3 is 15.6 Å². The molecule has 0 atom stereocenters. The first-order valence-corrected chi connectivity index (χ1v) is 7.40. The minimum atomic E-state index is -0.505. The maximum atomic E-state index is 10.5. The number of thioether (sulfide) groups is 1. The van der Waals surface area contributed by atoms with Crippen molar-refractivity contribution in [3.8, 4) is 5.75 Å². The van der Waals surface area contributed by atoms with Crippen molar-refractivity contribution >= 4 is 17.4 Å². The van der Waals surface area contributed by atoms with Crippen LogP contribution in [0.25, 0.3) is 0 Å². The summed E-state index contributed by atoms with van der Waals surface area (Å²) in [6, 6.07) is 5.66. The fraction of sp³-hybridized carbons (Fsp3) is 0.571. The van der Waals surface area contributed by atoms with Crippen molar-refractivity contribution in [1.29, 1.82) is 0 Å². The highest BCUT2D eigenvalue weighted by Gasteiger charge is 2.29. The number of rotatable bonds is 4. The molecule has 0 saturated heterocycles. The van der Waals surface area contributed by atoms with Gasteiger partial charge in [0.25, 0.3) is 0 Å². The highest BCUT2D eigenvalue weighted by Crippen LogP contribution is 2.37. The van der Waals surface area contributed by atoms with E-state index in [1.807, 2.05) is 18.2 Å². The zero-order valence-electron chi connectivity index (χ0n) is 10.8. The van der Waals surface area contributed by atoms with Crippen LogP contribution >= 0.6 is 11.8 Å². The zero-order valence-corrected chi connectivity index (χ0v) is 11.6. The van der Waals surface area contributed by atoms with Crippen LogP contribution in [0.2, 0.25) is 0 Å². The van der Waals surface area contributed by atoms with Crippen LogP contribution in [-0.4, -0.2) is 23.6 Å². The van der Waals surface area contributed by atoms with Crippen molar-refractivity contribution in [3.05, 3.63) is 18.2 Å². The number of benzene rings is 1. The summed E-state index contributed by atoms with van der Waals surface area (Å²) >= 11 is 1.66. The molecule has 1 fully saturated rings. The molecule has 0 aromatic heterocycles. The van der Waals surface area contributed by atoms with Crippen molar-refractivity contribution in [2.45, 2.75) is 42.6 Å². The van der Waals surface area contributed by atoms with E-state index in [-0.39, 0.29) is 0 Å². The number of methoxy groups -OCH3 is 1. The first-order chi connectivity index (χ1) is 8.63. The van der Waals surface area contributed by atoms with Gasteiger partial charge in [0.05, 0.1) is 12.7 Å². The Morgan fingerprint density at radius 1 is 1.33 bits per heavy atom. The molecule has 0 spiro atoms. The van der Waals surface area contributed by atoms with Crippen LogP contribution in [0.3, 0.4) is 0 Å². The van der Waals surface area contributed by atoms with E-state index in [0.717, 1.165) is 42.1 Å². The predicted octanol–water partition coefficient (Wildman–Crippen LogP) is 3.06. The molecule has 1 aromatic carbocycles. The molecule has 1 saturated carbocycles. The smallest absolute Gasteiger partial charge is 0.134 e. The van der Waals surface area contributed by atoms with Crippen LogP contribution < -0.4 is 10.5 Å². The number of aliphatic hydroxyl groups is 1. The average molecular weight is 267 g/mol. The molecular weight excluding hydrogens is 246 g/mol. The maximum Gasteiger partial charge on any atom is 0.134 e. The maximum absolute atomic E-state index is 10.5. The van der Waals surface area contributed by atoms with Gasteiger partial charge in [-0.25, -0.2) is 0 Å². The monoisotopic (exact) mass is 267 g/mol. The topological polar surface area (TPSA) is 55.5 Å². The summed E-state index contributed by atoms with van der Waals surface area (Å²) in [6.45, 7) is 0. The molecule has 1 aliphatic carbocycles. The fourth-order valence-corrected chi connectivity index (χ4v) is 3.53. The van der Waals surface area contributed by atoms with Gasteiger partial charge in [0.15, 0.2) is 0 Å². The Balaban J connectivity index is 2.01. The van der Waals surface area contributed by atoms with Gasteiger partial charge in [0, 0.05) is 22.4 Å². The molecule has 0 heterocycles. The molecule has 0 unspecified atom stereocenters. The lowest BCUT2D eigenvalue weighted by molar-refractivity contribution is 0.0273. The summed E-state index contributed by atoms with van der Waals surface area (Å²) < 4.78 is 5.32. The molecule has 2 rings (SSSR count). The molecule has 0 amide bonds. The molecular formula is C14H21NO2S. The molecule has 0 aliphatic heterocycles. The van der Waals surface area contributed by atoms with Crippen molar-refractivity contribution in [2.24, 2.45) is 0 Å². The minimum Gasteiger partial charge on any atom is -0.496 e. The third kappa shape index (κ3) is 3.33. The third-order valence-electron chi connectivity index (χ3n) is 3.47. The Labute approximate surface area is 113 Å². The zero-order chi connectivity index (χ0) is 13.0. The second-order valence-electron chi connectivity index (χ2n) is 4.98. The van der Waals surface area contributed by atoms with Crippen LogP contribution in [0.1, 0.15) is 32.1 Å².